The molecule has 0 radical (unpaired) electrons. The minimum Gasteiger partial charge on any atom is -0.457 e. The predicted octanol–water partition coefficient (Wildman–Crippen LogP) is 5.22. The van der Waals surface area contributed by atoms with E-state index in [1.54, 1.807) is 13.8 Å². The topological polar surface area (TPSA) is 212 Å². The highest BCUT2D eigenvalue weighted by atomic mass is 31.2. The molecule has 5 aromatic rings. The van der Waals surface area contributed by atoms with Gasteiger partial charge in [0.25, 0.3) is 11.1 Å². The van der Waals surface area contributed by atoms with Crippen LogP contribution in [0.1, 0.15) is 78.8 Å². The van der Waals surface area contributed by atoms with Crippen molar-refractivity contribution in [3.63, 3.8) is 0 Å². The maximum Gasteiger partial charge on any atom is 0.475 e. The number of aryl methyl sites for hydroxylation is 2. The van der Waals surface area contributed by atoms with Crippen molar-refractivity contribution in [3.05, 3.63) is 161 Å². The molecule has 0 amide bonds. The number of phosphoric ester groups is 1. The van der Waals surface area contributed by atoms with Crippen molar-refractivity contribution in [2.24, 2.45) is 0 Å². The molecular weight excluding hydrogens is 823 g/mol. The number of hydrogen-bond donors (Lipinski definition) is 3. The number of hydrogen-bond acceptors (Lipinski definition) is 13. The molecule has 0 saturated carbocycles. The van der Waals surface area contributed by atoms with Gasteiger partial charge in [-0.3, -0.25) is 42.3 Å². The zero-order valence-electron chi connectivity index (χ0n) is 34.2. The molecule has 326 valence electrons. The van der Waals surface area contributed by atoms with Crippen molar-refractivity contribution in [1.82, 2.24) is 19.1 Å². The minimum absolute atomic E-state index is 0.0221. The van der Waals surface area contributed by atoms with Crippen LogP contribution >= 0.6 is 7.82 Å². The van der Waals surface area contributed by atoms with E-state index in [0.29, 0.717) is 30.8 Å². The lowest BCUT2D eigenvalue weighted by molar-refractivity contribution is -0.148. The molecule has 6 heterocycles. The third-order valence-corrected chi connectivity index (χ3v) is 13.6. The van der Waals surface area contributed by atoms with Gasteiger partial charge in [-0.2, -0.15) is 0 Å². The number of aliphatic hydroxyl groups excluding tert-OH is 1. The molecule has 9 atom stereocenters. The molecule has 0 bridgehead atoms. The van der Waals surface area contributed by atoms with Gasteiger partial charge in [0.1, 0.15) is 42.3 Å². The van der Waals surface area contributed by atoms with E-state index in [1.165, 1.54) is 28.6 Å². The quantitative estimate of drug-likeness (QED) is 0.179. The molecule has 18 heteroatoms. The number of rotatable bonds is 7. The van der Waals surface area contributed by atoms with Gasteiger partial charge in [-0.1, -0.05) is 79.6 Å². The molecule has 9 rings (SSSR count). The molecule has 4 aliphatic rings. The van der Waals surface area contributed by atoms with E-state index in [9.17, 15) is 28.8 Å². The van der Waals surface area contributed by atoms with Gasteiger partial charge in [-0.25, -0.2) is 14.2 Å². The second kappa shape index (κ2) is 16.8. The number of ether oxygens (including phenoxy) is 4. The van der Waals surface area contributed by atoms with Gasteiger partial charge in [-0.15, -0.1) is 0 Å². The molecule has 0 spiro atoms. The Balaban J connectivity index is 1.13. The Morgan fingerprint density at radius 2 is 1.24 bits per heavy atom. The van der Waals surface area contributed by atoms with Crippen LogP contribution in [0.15, 0.2) is 110 Å². The Bertz CT molecular complexity index is 2710. The normalized spacial score (nSPS) is 29.4. The van der Waals surface area contributed by atoms with Crippen molar-refractivity contribution in [2.45, 2.75) is 107 Å². The fourth-order valence-corrected chi connectivity index (χ4v) is 10.4. The highest BCUT2D eigenvalue weighted by Crippen LogP contribution is 2.57. The van der Waals surface area contributed by atoms with Crippen LogP contribution in [0.3, 0.4) is 0 Å². The van der Waals surface area contributed by atoms with E-state index in [-0.39, 0.29) is 30.4 Å². The van der Waals surface area contributed by atoms with Gasteiger partial charge in [-0.05, 0) is 44.4 Å². The number of aliphatic hydroxyl groups is 1. The average molecular weight is 871 g/mol. The predicted molar refractivity (Wildman–Crippen MR) is 222 cm³/mol. The van der Waals surface area contributed by atoms with Gasteiger partial charge in [0.05, 0.1) is 18.3 Å². The van der Waals surface area contributed by atoms with Crippen molar-refractivity contribution in [3.8, 4) is 11.5 Å². The molecule has 3 saturated heterocycles. The minimum atomic E-state index is -4.56. The summed E-state index contributed by atoms with van der Waals surface area (Å²) in [5.74, 6) is 1.18. The first-order chi connectivity index (χ1) is 29.9. The maximum absolute atomic E-state index is 14.8. The lowest BCUT2D eigenvalue weighted by atomic mass is 9.77. The SMILES string of the molecule is COP1(=O)O[C@H]2C[C@H](n3cc(C)c(=O)[nH]c3=O)O[C@@H]2[C@@H](OC2(c3ccccc3)c3ccccc3Oc3ccccc32)CCCC[C@@H]([C@H]2O[C@@H](n3cc(C)c(=O)[nH]c3=O)C[C@@H]2O)O1. The number of phosphoric acid groups is 1. The van der Waals surface area contributed by atoms with Crippen LogP contribution in [0.5, 0.6) is 11.5 Å². The maximum atomic E-state index is 14.8. The Morgan fingerprint density at radius 1 is 0.710 bits per heavy atom. The zero-order chi connectivity index (χ0) is 43.3. The lowest BCUT2D eigenvalue weighted by Gasteiger charge is -2.44. The molecule has 2 aromatic heterocycles. The monoisotopic (exact) mass is 870 g/mol. The number of nitrogens with zero attached hydrogens (tertiary/aromatic N) is 2. The fourth-order valence-electron chi connectivity index (χ4n) is 9.11. The summed E-state index contributed by atoms with van der Waals surface area (Å²) in [6, 6.07) is 25.0. The third kappa shape index (κ3) is 7.66. The van der Waals surface area contributed by atoms with Crippen LogP contribution in [-0.2, 0) is 37.9 Å². The smallest absolute Gasteiger partial charge is 0.457 e. The lowest BCUT2D eigenvalue weighted by Crippen LogP contribution is -2.46. The van der Waals surface area contributed by atoms with Gasteiger partial charge in [0.15, 0.2) is 5.60 Å². The Kier molecular flexibility index (Phi) is 11.4. The summed E-state index contributed by atoms with van der Waals surface area (Å²) in [7, 11) is -3.38. The Labute approximate surface area is 354 Å². The standard InChI is InChI=1S/C44H47N4O13P/c1-25-23-47(42(52)45-40(25)50)36-21-30(49)38(57-36)34-20-12-11-19-33(39-35(61-62(54,55-3)60-34)22-37(58-39)48-24-26(2)41(51)46-43(48)53)59-44(27-13-5-4-6-14-27)28-15-7-9-17-31(28)56-32-18-10-8-16-29(32)44/h4-10,13-18,23-24,30,33-39,49H,11-12,19-22H2,1-3H3,(H,45,50,52)(H,46,51,53)/t30-,33-,34-,35-,36+,37+,38-,39+,62?/m0/s1. The second-order valence-electron chi connectivity index (χ2n) is 16.1. The molecule has 0 aliphatic carbocycles. The largest absolute Gasteiger partial charge is 0.475 e. The van der Waals surface area contributed by atoms with Crippen LogP contribution in [0.25, 0.3) is 0 Å². The van der Waals surface area contributed by atoms with Gasteiger partial charge >= 0.3 is 19.2 Å². The molecule has 1 unspecified atom stereocenters. The number of aromatic nitrogens is 4. The summed E-state index contributed by atoms with van der Waals surface area (Å²) in [6.07, 6.45) is -3.91. The molecule has 17 nitrogen and oxygen atoms in total. The average Bonchev–Trinajstić information content (AvgIpc) is 3.86. The first-order valence-electron chi connectivity index (χ1n) is 20.6. The molecule has 3 aromatic carbocycles. The van der Waals surface area contributed by atoms with Crippen molar-refractivity contribution in [1.29, 1.82) is 0 Å². The first-order valence-corrected chi connectivity index (χ1v) is 22.1. The van der Waals surface area contributed by atoms with Gasteiger partial charge in [0.2, 0.25) is 0 Å². The summed E-state index contributed by atoms with van der Waals surface area (Å²) in [6.45, 7) is 3.12. The van der Waals surface area contributed by atoms with Crippen LogP contribution in [0.2, 0.25) is 0 Å². The van der Waals surface area contributed by atoms with Gasteiger partial charge in [0, 0.05) is 54.6 Å². The summed E-state index contributed by atoms with van der Waals surface area (Å²) < 4.78 is 62.7. The first kappa shape index (κ1) is 42.1. The molecule has 4 aliphatic heterocycles. The van der Waals surface area contributed by atoms with E-state index in [0.717, 1.165) is 16.7 Å². The zero-order valence-corrected chi connectivity index (χ0v) is 35.1. The molecule has 3 fully saturated rings. The summed E-state index contributed by atoms with van der Waals surface area (Å²) in [5.41, 5.74) is -0.925. The number of para-hydroxylation sites is 2. The van der Waals surface area contributed by atoms with Gasteiger partial charge < -0.3 is 24.1 Å². The Hall–Kier alpha value is -5.23. The van der Waals surface area contributed by atoms with Crippen molar-refractivity contribution >= 4 is 7.82 Å². The van der Waals surface area contributed by atoms with Crippen LogP contribution in [0.4, 0.5) is 0 Å². The highest BCUT2D eigenvalue weighted by Gasteiger charge is 2.53. The van der Waals surface area contributed by atoms with E-state index in [4.69, 9.17) is 32.5 Å². The molecule has 3 N–H and O–H groups in total. The summed E-state index contributed by atoms with van der Waals surface area (Å²) in [4.78, 5) is 55.3. The summed E-state index contributed by atoms with van der Waals surface area (Å²) in [5, 5.41) is 11.4. The number of benzene rings is 3. The number of H-pyrrole nitrogens is 2. The Morgan fingerprint density at radius 3 is 1.85 bits per heavy atom. The highest BCUT2D eigenvalue weighted by molar-refractivity contribution is 7.48. The number of aromatic amines is 2. The van der Waals surface area contributed by atoms with Crippen molar-refractivity contribution < 1.29 is 42.2 Å². The number of fused-ring (bicyclic) bond motifs is 3. The molecule has 62 heavy (non-hydrogen) atoms. The van der Waals surface area contributed by atoms with E-state index >= 15 is 0 Å². The number of nitrogens with one attached hydrogen (secondary N) is 2. The van der Waals surface area contributed by atoms with Crippen LogP contribution in [0, 0.1) is 13.8 Å². The van der Waals surface area contributed by atoms with E-state index in [2.05, 4.69) is 9.97 Å². The van der Waals surface area contributed by atoms with Crippen LogP contribution < -0.4 is 27.2 Å². The van der Waals surface area contributed by atoms with Crippen LogP contribution in [-0.4, -0.2) is 67.9 Å². The van der Waals surface area contributed by atoms with E-state index in [1.807, 2.05) is 78.9 Å². The van der Waals surface area contributed by atoms with E-state index < -0.39 is 85.0 Å². The molecular formula is C44H47N4O13P. The second-order valence-corrected chi connectivity index (χ2v) is 17.8. The fraction of sp³-hybridized carbons (Fsp3) is 0.409. The summed E-state index contributed by atoms with van der Waals surface area (Å²) >= 11 is 0. The third-order valence-electron chi connectivity index (χ3n) is 12.1. The van der Waals surface area contributed by atoms with Crippen molar-refractivity contribution in [2.75, 3.05) is 7.11 Å².